The van der Waals surface area contributed by atoms with Crippen molar-refractivity contribution in [2.24, 2.45) is 0 Å². The lowest BCUT2D eigenvalue weighted by atomic mass is 10.2. The summed E-state index contributed by atoms with van der Waals surface area (Å²) in [6, 6.07) is 7.04. The van der Waals surface area contributed by atoms with Gasteiger partial charge in [-0.1, -0.05) is 13.3 Å². The number of hydrogen-bond acceptors (Lipinski definition) is 4. The molecule has 0 atom stereocenters. The molecule has 0 aliphatic heterocycles. The predicted octanol–water partition coefficient (Wildman–Crippen LogP) is 4.60. The Morgan fingerprint density at radius 2 is 2.21 bits per heavy atom. The van der Waals surface area contributed by atoms with E-state index in [9.17, 15) is 5.11 Å². The van der Waals surface area contributed by atoms with Gasteiger partial charge in [-0.25, -0.2) is 4.98 Å². The molecule has 0 saturated carbocycles. The Labute approximate surface area is 115 Å². The summed E-state index contributed by atoms with van der Waals surface area (Å²) in [7, 11) is 0. The molecule has 1 aromatic carbocycles. The largest absolute Gasteiger partial charge is 0.508 e. The number of thiazole rings is 1. The van der Waals surface area contributed by atoms with Crippen molar-refractivity contribution in [3.05, 3.63) is 35.3 Å². The molecule has 3 nitrogen and oxygen atoms in total. The van der Waals surface area contributed by atoms with Crippen molar-refractivity contribution < 1.29 is 9.52 Å². The van der Waals surface area contributed by atoms with Crippen LogP contribution in [0.5, 0.6) is 5.75 Å². The maximum atomic E-state index is 9.46. The van der Waals surface area contributed by atoms with Gasteiger partial charge in [0.2, 0.25) is 0 Å². The zero-order chi connectivity index (χ0) is 13.2. The van der Waals surface area contributed by atoms with Crippen LogP contribution in [-0.4, -0.2) is 10.1 Å². The molecule has 0 saturated heterocycles. The van der Waals surface area contributed by atoms with E-state index in [0.29, 0.717) is 0 Å². The number of aromatic nitrogens is 1. The highest BCUT2D eigenvalue weighted by Crippen LogP contribution is 2.31. The maximum absolute atomic E-state index is 9.46. The standard InChI is InChI=1S/C15H15NO2S/c1-2-3-4-11-9-19-15(16-11)14-8-10-7-12(17)5-6-13(10)18-14/h5-9,17H,2-4H2,1H3. The van der Waals surface area contributed by atoms with E-state index in [1.165, 1.54) is 6.42 Å². The summed E-state index contributed by atoms with van der Waals surface area (Å²) in [5.41, 5.74) is 1.91. The minimum Gasteiger partial charge on any atom is -0.508 e. The van der Waals surface area contributed by atoms with E-state index < -0.39 is 0 Å². The Morgan fingerprint density at radius 3 is 3.05 bits per heavy atom. The minimum absolute atomic E-state index is 0.252. The summed E-state index contributed by atoms with van der Waals surface area (Å²) in [6.45, 7) is 2.18. The second kappa shape index (κ2) is 5.05. The van der Waals surface area contributed by atoms with E-state index in [1.54, 1.807) is 29.5 Å². The first-order valence-corrected chi connectivity index (χ1v) is 7.31. The molecule has 98 valence electrons. The van der Waals surface area contributed by atoms with Gasteiger partial charge in [0.15, 0.2) is 10.8 Å². The van der Waals surface area contributed by atoms with Crippen LogP contribution in [0.25, 0.3) is 21.7 Å². The number of phenolic OH excluding ortho intramolecular Hbond substituents is 1. The number of rotatable bonds is 4. The van der Waals surface area contributed by atoms with Gasteiger partial charge >= 0.3 is 0 Å². The van der Waals surface area contributed by atoms with Crippen molar-refractivity contribution in [2.75, 3.05) is 0 Å². The lowest BCUT2D eigenvalue weighted by Gasteiger charge is -1.91. The molecule has 2 aromatic heterocycles. The number of aromatic hydroxyl groups is 1. The molecular formula is C15H15NO2S. The molecule has 0 amide bonds. The van der Waals surface area contributed by atoms with Gasteiger partial charge in [0, 0.05) is 10.8 Å². The molecule has 0 aliphatic rings. The summed E-state index contributed by atoms with van der Waals surface area (Å²) in [6.07, 6.45) is 3.36. The highest BCUT2D eigenvalue weighted by molar-refractivity contribution is 7.13. The quantitative estimate of drug-likeness (QED) is 0.755. The van der Waals surface area contributed by atoms with Gasteiger partial charge in [0.05, 0.1) is 5.69 Å². The summed E-state index contributed by atoms with van der Waals surface area (Å²) in [5, 5.41) is 13.4. The topological polar surface area (TPSA) is 46.3 Å². The molecule has 3 rings (SSSR count). The molecule has 3 aromatic rings. The third kappa shape index (κ3) is 2.49. The lowest BCUT2D eigenvalue weighted by molar-refractivity contribution is 0.476. The van der Waals surface area contributed by atoms with Crippen LogP contribution in [0.4, 0.5) is 0 Å². The number of nitrogens with zero attached hydrogens (tertiary/aromatic N) is 1. The number of fused-ring (bicyclic) bond motifs is 1. The highest BCUT2D eigenvalue weighted by atomic mass is 32.1. The molecule has 4 heteroatoms. The first-order chi connectivity index (χ1) is 9.26. The Morgan fingerprint density at radius 1 is 1.32 bits per heavy atom. The van der Waals surface area contributed by atoms with Crippen molar-refractivity contribution in [1.82, 2.24) is 4.98 Å². The third-order valence-electron chi connectivity index (χ3n) is 3.05. The second-order valence-electron chi connectivity index (χ2n) is 4.58. The Bertz CT molecular complexity index is 699. The fourth-order valence-corrected chi connectivity index (χ4v) is 2.83. The Hall–Kier alpha value is -1.81. The number of hydrogen-bond donors (Lipinski definition) is 1. The maximum Gasteiger partial charge on any atom is 0.164 e. The Kier molecular flexibility index (Phi) is 3.25. The summed E-state index contributed by atoms with van der Waals surface area (Å²) in [4.78, 5) is 4.60. The average Bonchev–Trinajstić information content (AvgIpc) is 3.01. The fourth-order valence-electron chi connectivity index (χ4n) is 2.03. The predicted molar refractivity (Wildman–Crippen MR) is 77.6 cm³/mol. The van der Waals surface area contributed by atoms with Crippen LogP contribution >= 0.6 is 11.3 Å². The fraction of sp³-hybridized carbons (Fsp3) is 0.267. The summed E-state index contributed by atoms with van der Waals surface area (Å²) in [5.74, 6) is 1.02. The minimum atomic E-state index is 0.252. The number of benzene rings is 1. The van der Waals surface area contributed by atoms with E-state index in [2.05, 4.69) is 17.3 Å². The zero-order valence-electron chi connectivity index (χ0n) is 10.7. The molecule has 0 unspecified atom stereocenters. The molecule has 2 heterocycles. The van der Waals surface area contributed by atoms with Crippen molar-refractivity contribution in [2.45, 2.75) is 26.2 Å². The number of furan rings is 1. The third-order valence-corrected chi connectivity index (χ3v) is 3.95. The van der Waals surface area contributed by atoms with Crippen LogP contribution in [0, 0.1) is 0 Å². The lowest BCUT2D eigenvalue weighted by Crippen LogP contribution is -1.84. The monoisotopic (exact) mass is 273 g/mol. The number of aryl methyl sites for hydroxylation is 1. The molecule has 0 fully saturated rings. The van der Waals surface area contributed by atoms with E-state index in [0.717, 1.165) is 40.3 Å². The van der Waals surface area contributed by atoms with Crippen LogP contribution in [-0.2, 0) is 6.42 Å². The van der Waals surface area contributed by atoms with Crippen LogP contribution < -0.4 is 0 Å². The first kappa shape index (κ1) is 12.2. The van der Waals surface area contributed by atoms with Crippen LogP contribution in [0.15, 0.2) is 34.1 Å². The summed E-state index contributed by atoms with van der Waals surface area (Å²) >= 11 is 1.61. The van der Waals surface area contributed by atoms with Gasteiger partial charge in [-0.3, -0.25) is 0 Å². The van der Waals surface area contributed by atoms with Crippen molar-refractivity contribution in [1.29, 1.82) is 0 Å². The molecule has 1 N–H and O–H groups in total. The average molecular weight is 273 g/mol. The van der Waals surface area contributed by atoms with E-state index in [1.807, 2.05) is 6.07 Å². The van der Waals surface area contributed by atoms with Gasteiger partial charge in [0.25, 0.3) is 0 Å². The van der Waals surface area contributed by atoms with Gasteiger partial charge in [-0.2, -0.15) is 0 Å². The van der Waals surface area contributed by atoms with E-state index in [4.69, 9.17) is 4.42 Å². The van der Waals surface area contributed by atoms with Crippen molar-refractivity contribution in [3.8, 4) is 16.5 Å². The van der Waals surface area contributed by atoms with Crippen molar-refractivity contribution in [3.63, 3.8) is 0 Å². The highest BCUT2D eigenvalue weighted by Gasteiger charge is 2.10. The van der Waals surface area contributed by atoms with Gasteiger partial charge in [-0.15, -0.1) is 11.3 Å². The molecule has 0 aliphatic carbocycles. The second-order valence-corrected chi connectivity index (χ2v) is 5.44. The molecule has 0 spiro atoms. The molecule has 19 heavy (non-hydrogen) atoms. The number of phenols is 1. The SMILES string of the molecule is CCCCc1csc(-c2cc3cc(O)ccc3o2)n1. The van der Waals surface area contributed by atoms with E-state index >= 15 is 0 Å². The molecule has 0 radical (unpaired) electrons. The van der Waals surface area contributed by atoms with E-state index in [-0.39, 0.29) is 5.75 Å². The number of unbranched alkanes of at least 4 members (excludes halogenated alkanes) is 1. The molecular weight excluding hydrogens is 258 g/mol. The smallest absolute Gasteiger partial charge is 0.164 e. The normalized spacial score (nSPS) is 11.2. The van der Waals surface area contributed by atoms with Crippen LogP contribution in [0.2, 0.25) is 0 Å². The van der Waals surface area contributed by atoms with Gasteiger partial charge in [0.1, 0.15) is 11.3 Å². The van der Waals surface area contributed by atoms with Crippen molar-refractivity contribution >= 4 is 22.3 Å². The van der Waals surface area contributed by atoms with Gasteiger partial charge < -0.3 is 9.52 Å². The first-order valence-electron chi connectivity index (χ1n) is 6.43. The van der Waals surface area contributed by atoms with Crippen LogP contribution in [0.3, 0.4) is 0 Å². The summed E-state index contributed by atoms with van der Waals surface area (Å²) < 4.78 is 5.76. The Balaban J connectivity index is 1.92. The van der Waals surface area contributed by atoms with Crippen LogP contribution in [0.1, 0.15) is 25.5 Å². The van der Waals surface area contributed by atoms with Gasteiger partial charge in [-0.05, 0) is 37.1 Å². The zero-order valence-corrected chi connectivity index (χ0v) is 11.5. The molecule has 0 bridgehead atoms.